The minimum atomic E-state index is -0.449. The molecule has 20 heavy (non-hydrogen) atoms. The molecular formula is C15H25N3O2. The normalized spacial score (nSPS) is 12.8. The van der Waals surface area contributed by atoms with Crippen LogP contribution in [-0.2, 0) is 4.74 Å². The van der Waals surface area contributed by atoms with Gasteiger partial charge in [-0.2, -0.15) is 0 Å². The van der Waals surface area contributed by atoms with Crippen LogP contribution in [0, 0.1) is 0 Å². The number of amides is 1. The number of carbonyl (C=O) groups excluding carboxylic acids is 1. The van der Waals surface area contributed by atoms with Crippen LogP contribution >= 0.6 is 0 Å². The Bertz CT molecular complexity index is 401. The van der Waals surface area contributed by atoms with Crippen LogP contribution in [0.1, 0.15) is 45.9 Å². The van der Waals surface area contributed by atoms with Crippen molar-refractivity contribution in [2.45, 2.75) is 45.8 Å². The third-order valence-electron chi connectivity index (χ3n) is 2.60. The molecule has 0 unspecified atom stereocenters. The van der Waals surface area contributed by atoms with Gasteiger partial charge < -0.3 is 15.4 Å². The van der Waals surface area contributed by atoms with E-state index in [9.17, 15) is 4.79 Å². The van der Waals surface area contributed by atoms with Crippen molar-refractivity contribution < 1.29 is 9.53 Å². The second-order valence-corrected chi connectivity index (χ2v) is 5.71. The van der Waals surface area contributed by atoms with E-state index in [1.165, 1.54) is 0 Å². The number of rotatable bonds is 6. The van der Waals surface area contributed by atoms with Gasteiger partial charge in [0, 0.05) is 18.8 Å². The zero-order valence-corrected chi connectivity index (χ0v) is 12.8. The molecule has 0 spiro atoms. The fraction of sp³-hybridized carbons (Fsp3) is 0.600. The van der Waals surface area contributed by atoms with Crippen molar-refractivity contribution in [3.05, 3.63) is 30.1 Å². The van der Waals surface area contributed by atoms with E-state index in [0.29, 0.717) is 6.54 Å². The van der Waals surface area contributed by atoms with Crippen LogP contribution < -0.4 is 10.6 Å². The minimum absolute atomic E-state index is 0.206. The summed E-state index contributed by atoms with van der Waals surface area (Å²) in [5.41, 5.74) is 0.572. The largest absolute Gasteiger partial charge is 0.444 e. The number of aromatic nitrogens is 1. The van der Waals surface area contributed by atoms with E-state index >= 15 is 0 Å². The Morgan fingerprint density at radius 3 is 2.70 bits per heavy atom. The van der Waals surface area contributed by atoms with Gasteiger partial charge in [0.15, 0.2) is 0 Å². The molecule has 0 saturated heterocycles. The zero-order valence-electron chi connectivity index (χ0n) is 12.8. The first-order valence-corrected chi connectivity index (χ1v) is 6.99. The lowest BCUT2D eigenvalue weighted by atomic mass is 10.2. The molecule has 1 rings (SSSR count). The van der Waals surface area contributed by atoms with E-state index in [1.54, 1.807) is 6.20 Å². The van der Waals surface area contributed by atoms with Gasteiger partial charge in [0.1, 0.15) is 5.60 Å². The van der Waals surface area contributed by atoms with Crippen molar-refractivity contribution in [3.8, 4) is 0 Å². The average Bonchev–Trinajstić information content (AvgIpc) is 2.37. The van der Waals surface area contributed by atoms with Crippen molar-refractivity contribution in [1.82, 2.24) is 15.6 Å². The maximum atomic E-state index is 11.4. The van der Waals surface area contributed by atoms with E-state index in [0.717, 1.165) is 18.7 Å². The summed E-state index contributed by atoms with van der Waals surface area (Å²) in [5, 5.41) is 6.10. The molecule has 0 fully saturated rings. The second kappa shape index (κ2) is 7.85. The standard InChI is InChI=1S/C15H25N3O2/c1-12(13-8-5-6-9-17-13)16-10-7-11-18-14(19)20-15(2,3)4/h5-6,8-9,12,16H,7,10-11H2,1-4H3,(H,18,19)/t12-/m0/s1. The number of pyridine rings is 1. The molecule has 0 bridgehead atoms. The quantitative estimate of drug-likeness (QED) is 0.786. The van der Waals surface area contributed by atoms with Crippen LogP contribution in [0.3, 0.4) is 0 Å². The number of alkyl carbamates (subject to hydrolysis) is 1. The molecule has 0 aliphatic rings. The number of hydrogen-bond acceptors (Lipinski definition) is 4. The van der Waals surface area contributed by atoms with Gasteiger partial charge in [-0.3, -0.25) is 4.98 Å². The van der Waals surface area contributed by atoms with Crippen molar-refractivity contribution in [2.24, 2.45) is 0 Å². The number of hydrogen-bond donors (Lipinski definition) is 2. The third-order valence-corrected chi connectivity index (χ3v) is 2.60. The highest BCUT2D eigenvalue weighted by Crippen LogP contribution is 2.07. The second-order valence-electron chi connectivity index (χ2n) is 5.71. The molecule has 5 heteroatoms. The van der Waals surface area contributed by atoms with Gasteiger partial charge in [0.05, 0.1) is 5.69 Å². The van der Waals surface area contributed by atoms with E-state index in [2.05, 4.69) is 22.5 Å². The van der Waals surface area contributed by atoms with E-state index in [1.807, 2.05) is 39.0 Å². The van der Waals surface area contributed by atoms with Gasteiger partial charge in [-0.1, -0.05) is 6.07 Å². The molecule has 1 aromatic rings. The molecule has 0 aliphatic heterocycles. The molecule has 0 aromatic carbocycles. The van der Waals surface area contributed by atoms with Crippen LogP contribution in [0.5, 0.6) is 0 Å². The van der Waals surface area contributed by atoms with Crippen LogP contribution in [0.15, 0.2) is 24.4 Å². The summed E-state index contributed by atoms with van der Waals surface area (Å²) < 4.78 is 5.15. The number of carbonyl (C=O) groups is 1. The molecule has 0 saturated carbocycles. The van der Waals surface area contributed by atoms with E-state index < -0.39 is 5.60 Å². The van der Waals surface area contributed by atoms with Crippen molar-refractivity contribution >= 4 is 6.09 Å². The fourth-order valence-electron chi connectivity index (χ4n) is 1.65. The van der Waals surface area contributed by atoms with Crippen LogP contribution in [0.2, 0.25) is 0 Å². The summed E-state index contributed by atoms with van der Waals surface area (Å²) in [6, 6.07) is 6.08. The maximum Gasteiger partial charge on any atom is 0.407 e. The highest BCUT2D eigenvalue weighted by Gasteiger charge is 2.15. The lowest BCUT2D eigenvalue weighted by Crippen LogP contribution is -2.34. The van der Waals surface area contributed by atoms with E-state index in [4.69, 9.17) is 4.74 Å². The molecular weight excluding hydrogens is 254 g/mol. The van der Waals surface area contributed by atoms with Crippen LogP contribution in [0.4, 0.5) is 4.79 Å². The highest BCUT2D eigenvalue weighted by atomic mass is 16.6. The van der Waals surface area contributed by atoms with Gasteiger partial charge in [0.2, 0.25) is 0 Å². The Kier molecular flexibility index (Phi) is 6.45. The summed E-state index contributed by atoms with van der Waals surface area (Å²) >= 11 is 0. The first-order valence-electron chi connectivity index (χ1n) is 6.99. The lowest BCUT2D eigenvalue weighted by Gasteiger charge is -2.19. The molecule has 1 atom stereocenters. The number of nitrogens with zero attached hydrogens (tertiary/aromatic N) is 1. The third kappa shape index (κ3) is 7.09. The summed E-state index contributed by atoms with van der Waals surface area (Å²) in [6.45, 7) is 9.03. The van der Waals surface area contributed by atoms with Gasteiger partial charge in [-0.05, 0) is 52.8 Å². The van der Waals surface area contributed by atoms with Crippen LogP contribution in [-0.4, -0.2) is 29.8 Å². The topological polar surface area (TPSA) is 63.2 Å². The smallest absolute Gasteiger partial charge is 0.407 e. The van der Waals surface area contributed by atoms with Crippen LogP contribution in [0.25, 0.3) is 0 Å². The van der Waals surface area contributed by atoms with E-state index in [-0.39, 0.29) is 12.1 Å². The molecule has 2 N–H and O–H groups in total. The molecule has 0 aliphatic carbocycles. The first-order chi connectivity index (χ1) is 9.38. The predicted octanol–water partition coefficient (Wildman–Crippen LogP) is 2.65. The highest BCUT2D eigenvalue weighted by molar-refractivity contribution is 5.67. The van der Waals surface area contributed by atoms with Crippen molar-refractivity contribution in [2.75, 3.05) is 13.1 Å². The summed E-state index contributed by atoms with van der Waals surface area (Å²) in [5.74, 6) is 0. The van der Waals surface area contributed by atoms with Crippen molar-refractivity contribution in [3.63, 3.8) is 0 Å². The molecule has 1 amide bonds. The predicted molar refractivity (Wildman–Crippen MR) is 79.5 cm³/mol. The van der Waals surface area contributed by atoms with Gasteiger partial charge in [-0.25, -0.2) is 4.79 Å². The molecule has 5 nitrogen and oxygen atoms in total. The fourth-order valence-corrected chi connectivity index (χ4v) is 1.65. The zero-order chi connectivity index (χ0) is 15.0. The SMILES string of the molecule is C[C@H](NCCCNC(=O)OC(C)(C)C)c1ccccn1. The molecule has 0 radical (unpaired) electrons. The van der Waals surface area contributed by atoms with Gasteiger partial charge in [-0.15, -0.1) is 0 Å². The Labute approximate surface area is 121 Å². The first kappa shape index (κ1) is 16.4. The number of ether oxygens (including phenoxy) is 1. The summed E-state index contributed by atoms with van der Waals surface area (Å²) in [4.78, 5) is 15.7. The average molecular weight is 279 g/mol. The summed E-state index contributed by atoms with van der Waals surface area (Å²) in [6.07, 6.45) is 2.27. The maximum absolute atomic E-state index is 11.4. The number of nitrogens with one attached hydrogen (secondary N) is 2. The summed E-state index contributed by atoms with van der Waals surface area (Å²) in [7, 11) is 0. The van der Waals surface area contributed by atoms with Gasteiger partial charge in [0.25, 0.3) is 0 Å². The molecule has 1 heterocycles. The van der Waals surface area contributed by atoms with Crippen molar-refractivity contribution in [1.29, 1.82) is 0 Å². The molecule has 112 valence electrons. The Morgan fingerprint density at radius 1 is 1.35 bits per heavy atom. The van der Waals surface area contributed by atoms with Gasteiger partial charge >= 0.3 is 6.09 Å². The Balaban J connectivity index is 2.12. The Hall–Kier alpha value is -1.62. The minimum Gasteiger partial charge on any atom is -0.444 e. The Morgan fingerprint density at radius 2 is 2.10 bits per heavy atom. The lowest BCUT2D eigenvalue weighted by molar-refractivity contribution is 0.0527. The molecule has 1 aromatic heterocycles. The monoisotopic (exact) mass is 279 g/mol.